The van der Waals surface area contributed by atoms with Crippen LogP contribution in [0.2, 0.25) is 5.02 Å². The second-order valence-electron chi connectivity index (χ2n) is 4.33. The molecule has 0 bridgehead atoms. The molecule has 0 spiro atoms. The molecule has 1 unspecified atom stereocenters. The standard InChI is InChI=1S/C13H16ClN3O2S/c1-17-9-15-16-13(17)20-8-12(18)7-19-6-10-2-4-11(14)5-3-10/h2-5,9,12,18H,6-8H2,1H3. The molecule has 0 radical (unpaired) electrons. The van der Waals surface area contributed by atoms with Gasteiger partial charge in [0, 0.05) is 17.8 Å². The minimum absolute atomic E-state index is 0.285. The molecule has 108 valence electrons. The lowest BCUT2D eigenvalue weighted by molar-refractivity contribution is 0.0397. The maximum absolute atomic E-state index is 9.84. The monoisotopic (exact) mass is 313 g/mol. The van der Waals surface area contributed by atoms with E-state index in [9.17, 15) is 5.11 Å². The van der Waals surface area contributed by atoms with E-state index in [0.717, 1.165) is 10.7 Å². The zero-order valence-electron chi connectivity index (χ0n) is 11.1. The molecule has 2 rings (SSSR count). The molecule has 0 aliphatic carbocycles. The number of aryl methyl sites for hydroxylation is 1. The Hall–Kier alpha value is -1.08. The van der Waals surface area contributed by atoms with Crippen molar-refractivity contribution in [3.63, 3.8) is 0 Å². The first kappa shape index (κ1) is 15.3. The third-order valence-electron chi connectivity index (χ3n) is 2.57. The van der Waals surface area contributed by atoms with Gasteiger partial charge >= 0.3 is 0 Å². The van der Waals surface area contributed by atoms with Crippen LogP contribution in [0.5, 0.6) is 0 Å². The average molecular weight is 314 g/mol. The van der Waals surface area contributed by atoms with Crippen molar-refractivity contribution in [1.29, 1.82) is 0 Å². The van der Waals surface area contributed by atoms with Gasteiger partial charge in [-0.3, -0.25) is 0 Å². The van der Waals surface area contributed by atoms with Gasteiger partial charge in [-0.1, -0.05) is 35.5 Å². The Labute approximate surface area is 126 Å². The van der Waals surface area contributed by atoms with E-state index in [1.165, 1.54) is 11.8 Å². The van der Waals surface area contributed by atoms with Gasteiger partial charge in [-0.2, -0.15) is 0 Å². The summed E-state index contributed by atoms with van der Waals surface area (Å²) in [5.74, 6) is 0.521. The van der Waals surface area contributed by atoms with Gasteiger partial charge in [0.25, 0.3) is 0 Å². The van der Waals surface area contributed by atoms with E-state index in [1.807, 2.05) is 35.9 Å². The maximum Gasteiger partial charge on any atom is 0.190 e. The molecule has 2 aromatic rings. The number of hydrogen-bond acceptors (Lipinski definition) is 5. The SMILES string of the molecule is Cn1cnnc1SCC(O)COCc1ccc(Cl)cc1. The van der Waals surface area contributed by atoms with Gasteiger partial charge in [-0.25, -0.2) is 0 Å². The van der Waals surface area contributed by atoms with Crippen LogP contribution in [0.4, 0.5) is 0 Å². The molecule has 1 heterocycles. The van der Waals surface area contributed by atoms with Crippen molar-refractivity contribution in [2.45, 2.75) is 17.9 Å². The van der Waals surface area contributed by atoms with Crippen LogP contribution in [0, 0.1) is 0 Å². The van der Waals surface area contributed by atoms with Crippen molar-refractivity contribution in [2.75, 3.05) is 12.4 Å². The third-order valence-corrected chi connectivity index (χ3v) is 4.00. The summed E-state index contributed by atoms with van der Waals surface area (Å²) in [5, 5.41) is 19.0. The molecule has 0 saturated carbocycles. The summed E-state index contributed by atoms with van der Waals surface area (Å²) in [6.07, 6.45) is 1.09. The highest BCUT2D eigenvalue weighted by atomic mass is 35.5. The molecule has 1 N–H and O–H groups in total. The number of aliphatic hydroxyl groups excluding tert-OH is 1. The first-order chi connectivity index (χ1) is 9.65. The van der Waals surface area contributed by atoms with E-state index in [1.54, 1.807) is 6.33 Å². The fraction of sp³-hybridized carbons (Fsp3) is 0.385. The second kappa shape index (κ2) is 7.64. The number of nitrogens with zero attached hydrogens (tertiary/aromatic N) is 3. The molecule has 5 nitrogen and oxygen atoms in total. The molecule has 0 amide bonds. The predicted molar refractivity (Wildman–Crippen MR) is 78.8 cm³/mol. The van der Waals surface area contributed by atoms with Crippen LogP contribution >= 0.6 is 23.4 Å². The van der Waals surface area contributed by atoms with E-state index in [0.29, 0.717) is 17.4 Å². The Morgan fingerprint density at radius 2 is 2.15 bits per heavy atom. The first-order valence-corrected chi connectivity index (χ1v) is 7.48. The van der Waals surface area contributed by atoms with Gasteiger partial charge in [0.05, 0.1) is 19.3 Å². The second-order valence-corrected chi connectivity index (χ2v) is 5.75. The summed E-state index contributed by atoms with van der Waals surface area (Å²) in [4.78, 5) is 0. The van der Waals surface area contributed by atoms with Gasteiger partial charge in [-0.15, -0.1) is 10.2 Å². The average Bonchev–Trinajstić information content (AvgIpc) is 2.84. The van der Waals surface area contributed by atoms with Crippen LogP contribution in [0.15, 0.2) is 35.7 Å². The smallest absolute Gasteiger partial charge is 0.190 e. The molecule has 0 aliphatic rings. The number of rotatable bonds is 7. The van der Waals surface area contributed by atoms with Gasteiger partial charge in [0.15, 0.2) is 5.16 Å². The molecular formula is C13H16ClN3O2S. The van der Waals surface area contributed by atoms with Crippen molar-refractivity contribution in [3.8, 4) is 0 Å². The molecule has 0 saturated heterocycles. The fourth-order valence-electron chi connectivity index (χ4n) is 1.52. The third kappa shape index (κ3) is 4.79. The summed E-state index contributed by atoms with van der Waals surface area (Å²) in [6.45, 7) is 0.746. The highest BCUT2D eigenvalue weighted by Crippen LogP contribution is 2.15. The predicted octanol–water partition coefficient (Wildman–Crippen LogP) is 2.14. The topological polar surface area (TPSA) is 60.2 Å². The minimum Gasteiger partial charge on any atom is -0.390 e. The number of ether oxygens (including phenoxy) is 1. The number of aromatic nitrogens is 3. The number of halogens is 1. The van der Waals surface area contributed by atoms with Gasteiger partial charge < -0.3 is 14.4 Å². The molecule has 7 heteroatoms. The van der Waals surface area contributed by atoms with E-state index < -0.39 is 6.10 Å². The van der Waals surface area contributed by atoms with E-state index >= 15 is 0 Å². The van der Waals surface area contributed by atoms with Gasteiger partial charge in [-0.05, 0) is 17.7 Å². The number of benzene rings is 1. The van der Waals surface area contributed by atoms with Crippen molar-refractivity contribution in [2.24, 2.45) is 7.05 Å². The summed E-state index contributed by atoms with van der Waals surface area (Å²) in [5.41, 5.74) is 1.03. The van der Waals surface area contributed by atoms with E-state index in [4.69, 9.17) is 16.3 Å². The van der Waals surface area contributed by atoms with Gasteiger partial charge in [0.1, 0.15) is 6.33 Å². The number of thioether (sulfide) groups is 1. The first-order valence-electron chi connectivity index (χ1n) is 6.12. The lowest BCUT2D eigenvalue weighted by Crippen LogP contribution is -2.18. The van der Waals surface area contributed by atoms with Crippen LogP contribution in [0.1, 0.15) is 5.56 Å². The summed E-state index contributed by atoms with van der Waals surface area (Å²) in [7, 11) is 1.87. The summed E-state index contributed by atoms with van der Waals surface area (Å²) >= 11 is 7.25. The Morgan fingerprint density at radius 1 is 1.40 bits per heavy atom. The lowest BCUT2D eigenvalue weighted by Gasteiger charge is -2.10. The molecule has 20 heavy (non-hydrogen) atoms. The van der Waals surface area contributed by atoms with Gasteiger partial charge in [0.2, 0.25) is 0 Å². The van der Waals surface area contributed by atoms with Crippen LogP contribution < -0.4 is 0 Å². The molecule has 1 atom stereocenters. The minimum atomic E-state index is -0.538. The highest BCUT2D eigenvalue weighted by molar-refractivity contribution is 7.99. The molecule has 0 fully saturated rings. The quantitative estimate of drug-likeness (QED) is 0.794. The summed E-state index contributed by atoms with van der Waals surface area (Å²) < 4.78 is 7.28. The Kier molecular flexibility index (Phi) is 5.85. The lowest BCUT2D eigenvalue weighted by atomic mass is 10.2. The van der Waals surface area contributed by atoms with E-state index in [-0.39, 0.29) is 6.61 Å². The van der Waals surface area contributed by atoms with Crippen LogP contribution in [-0.2, 0) is 18.4 Å². The molecule has 1 aromatic heterocycles. The Morgan fingerprint density at radius 3 is 2.80 bits per heavy atom. The zero-order chi connectivity index (χ0) is 14.4. The largest absolute Gasteiger partial charge is 0.390 e. The maximum atomic E-state index is 9.84. The normalized spacial score (nSPS) is 12.6. The van der Waals surface area contributed by atoms with Crippen molar-refractivity contribution in [3.05, 3.63) is 41.2 Å². The molecule has 0 aliphatic heterocycles. The van der Waals surface area contributed by atoms with Crippen molar-refractivity contribution < 1.29 is 9.84 Å². The van der Waals surface area contributed by atoms with E-state index in [2.05, 4.69) is 10.2 Å². The highest BCUT2D eigenvalue weighted by Gasteiger charge is 2.08. The molecule has 1 aromatic carbocycles. The molecular weight excluding hydrogens is 298 g/mol. The number of aliphatic hydroxyl groups is 1. The van der Waals surface area contributed by atoms with Crippen LogP contribution in [-0.4, -0.2) is 38.3 Å². The fourth-order valence-corrected chi connectivity index (χ4v) is 2.43. The van der Waals surface area contributed by atoms with Crippen LogP contribution in [0.3, 0.4) is 0 Å². The van der Waals surface area contributed by atoms with Crippen molar-refractivity contribution in [1.82, 2.24) is 14.8 Å². The Bertz CT molecular complexity index is 533. The Balaban J connectivity index is 1.66. The van der Waals surface area contributed by atoms with Crippen LogP contribution in [0.25, 0.3) is 0 Å². The zero-order valence-corrected chi connectivity index (χ0v) is 12.6. The number of hydrogen-bond donors (Lipinski definition) is 1. The van der Waals surface area contributed by atoms with Crippen molar-refractivity contribution >= 4 is 23.4 Å². The summed E-state index contributed by atoms with van der Waals surface area (Å²) in [6, 6.07) is 7.45.